The molecule has 2 heterocycles. The zero-order chi connectivity index (χ0) is 19.7. The molecule has 1 aliphatic rings. The molecule has 1 aliphatic heterocycles. The molecule has 2 aromatic carbocycles. The van der Waals surface area contributed by atoms with E-state index in [0.717, 1.165) is 29.3 Å². The van der Waals surface area contributed by atoms with Gasteiger partial charge < -0.3 is 15.4 Å². The van der Waals surface area contributed by atoms with Gasteiger partial charge in [-0.2, -0.15) is 5.10 Å². The Morgan fingerprint density at radius 3 is 2.82 bits per heavy atom. The van der Waals surface area contributed by atoms with Gasteiger partial charge in [-0.05, 0) is 55.7 Å². The number of carbonyl (C=O) groups is 2. The zero-order valence-electron chi connectivity index (χ0n) is 15.9. The van der Waals surface area contributed by atoms with Gasteiger partial charge in [0.15, 0.2) is 0 Å². The number of nitrogens with one attached hydrogen (secondary N) is 2. The van der Waals surface area contributed by atoms with Crippen molar-refractivity contribution in [3.05, 3.63) is 53.7 Å². The maximum absolute atomic E-state index is 12.7. The van der Waals surface area contributed by atoms with Crippen molar-refractivity contribution in [2.45, 2.75) is 25.9 Å². The third kappa shape index (κ3) is 3.61. The van der Waals surface area contributed by atoms with Crippen molar-refractivity contribution in [2.24, 2.45) is 7.05 Å². The average Bonchev–Trinajstić information content (AvgIpc) is 3.34. The third-order valence-electron chi connectivity index (χ3n) is 4.98. The summed E-state index contributed by atoms with van der Waals surface area (Å²) in [6.07, 6.45) is 2.96. The number of aryl methyl sites for hydroxylation is 2. The van der Waals surface area contributed by atoms with E-state index in [1.165, 1.54) is 0 Å². The van der Waals surface area contributed by atoms with Gasteiger partial charge in [0.25, 0.3) is 11.8 Å². The lowest BCUT2D eigenvalue weighted by atomic mass is 10.1. The van der Waals surface area contributed by atoms with Crippen LogP contribution >= 0.6 is 0 Å². The number of ether oxygens (including phenoxy) is 1. The van der Waals surface area contributed by atoms with E-state index in [9.17, 15) is 9.59 Å². The highest BCUT2D eigenvalue weighted by atomic mass is 16.5. The standard InChI is InChI=1S/C21H22N4O3/c1-13-5-6-14(11-17(13)24-21(27)19-4-3-9-28-19)20(26)23-16-7-8-18-15(10-16)12-22-25(18)2/h5-8,10-12,19H,3-4,9H2,1-2H3,(H,23,26)(H,24,27). The molecule has 0 bridgehead atoms. The molecule has 2 amide bonds. The number of anilines is 2. The molecule has 3 aromatic rings. The molecule has 0 spiro atoms. The Morgan fingerprint density at radius 2 is 2.04 bits per heavy atom. The first-order valence-corrected chi connectivity index (χ1v) is 9.27. The van der Waals surface area contributed by atoms with Gasteiger partial charge in [0.2, 0.25) is 0 Å². The minimum Gasteiger partial charge on any atom is -0.368 e. The molecule has 28 heavy (non-hydrogen) atoms. The number of hydrogen-bond donors (Lipinski definition) is 2. The fourth-order valence-corrected chi connectivity index (χ4v) is 3.34. The van der Waals surface area contributed by atoms with Crippen LogP contribution in [0.4, 0.5) is 11.4 Å². The fourth-order valence-electron chi connectivity index (χ4n) is 3.34. The first-order valence-electron chi connectivity index (χ1n) is 9.27. The number of nitrogens with zero attached hydrogens (tertiary/aromatic N) is 2. The van der Waals surface area contributed by atoms with E-state index in [0.29, 0.717) is 23.5 Å². The Morgan fingerprint density at radius 1 is 1.18 bits per heavy atom. The summed E-state index contributed by atoms with van der Waals surface area (Å²) in [7, 11) is 1.87. The zero-order valence-corrected chi connectivity index (χ0v) is 15.9. The highest BCUT2D eigenvalue weighted by molar-refractivity contribution is 6.06. The summed E-state index contributed by atoms with van der Waals surface area (Å²) in [5.74, 6) is -0.406. The van der Waals surface area contributed by atoms with Crippen LogP contribution in [0.1, 0.15) is 28.8 Å². The Balaban J connectivity index is 1.51. The minimum absolute atomic E-state index is 0.166. The second kappa shape index (κ2) is 7.44. The lowest BCUT2D eigenvalue weighted by Gasteiger charge is -2.14. The highest BCUT2D eigenvalue weighted by Gasteiger charge is 2.24. The van der Waals surface area contributed by atoms with Crippen LogP contribution in [-0.2, 0) is 16.6 Å². The number of aromatic nitrogens is 2. The van der Waals surface area contributed by atoms with Crippen molar-refractivity contribution in [1.29, 1.82) is 0 Å². The topological polar surface area (TPSA) is 85.3 Å². The van der Waals surface area contributed by atoms with Gasteiger partial charge in [-0.15, -0.1) is 0 Å². The lowest BCUT2D eigenvalue weighted by Crippen LogP contribution is -2.27. The molecule has 7 nitrogen and oxygen atoms in total. The minimum atomic E-state index is -0.414. The molecule has 2 N–H and O–H groups in total. The predicted octanol–water partition coefficient (Wildman–Crippen LogP) is 3.25. The van der Waals surface area contributed by atoms with Gasteiger partial charge in [0.05, 0.1) is 11.7 Å². The van der Waals surface area contributed by atoms with Crippen molar-refractivity contribution in [1.82, 2.24) is 9.78 Å². The van der Waals surface area contributed by atoms with E-state index >= 15 is 0 Å². The molecule has 144 valence electrons. The van der Waals surface area contributed by atoms with Crippen LogP contribution in [0.5, 0.6) is 0 Å². The monoisotopic (exact) mass is 378 g/mol. The molecule has 0 radical (unpaired) electrons. The van der Waals surface area contributed by atoms with Gasteiger partial charge >= 0.3 is 0 Å². The number of carbonyl (C=O) groups excluding carboxylic acids is 2. The second-order valence-electron chi connectivity index (χ2n) is 7.02. The normalized spacial score (nSPS) is 16.3. The number of amides is 2. The van der Waals surface area contributed by atoms with Gasteiger partial charge in [-0.1, -0.05) is 6.07 Å². The van der Waals surface area contributed by atoms with Crippen molar-refractivity contribution in [2.75, 3.05) is 17.2 Å². The number of benzene rings is 2. The molecule has 0 saturated carbocycles. The summed E-state index contributed by atoms with van der Waals surface area (Å²) in [5, 5.41) is 10.9. The van der Waals surface area contributed by atoms with Crippen molar-refractivity contribution >= 4 is 34.1 Å². The first-order chi connectivity index (χ1) is 13.5. The molecular formula is C21H22N4O3. The summed E-state index contributed by atoms with van der Waals surface area (Å²) in [5.41, 5.74) is 3.67. The van der Waals surface area contributed by atoms with Gasteiger partial charge in [0.1, 0.15) is 6.10 Å². The van der Waals surface area contributed by atoms with E-state index in [1.807, 2.05) is 38.2 Å². The first kappa shape index (κ1) is 18.2. The third-order valence-corrected chi connectivity index (χ3v) is 4.98. The van der Waals surface area contributed by atoms with Gasteiger partial charge in [0, 0.05) is 36.0 Å². The summed E-state index contributed by atoms with van der Waals surface area (Å²) in [4.78, 5) is 25.0. The quantitative estimate of drug-likeness (QED) is 0.730. The fraction of sp³-hybridized carbons (Fsp3) is 0.286. The van der Waals surface area contributed by atoms with E-state index in [-0.39, 0.29) is 11.8 Å². The summed E-state index contributed by atoms with van der Waals surface area (Å²) < 4.78 is 7.20. The summed E-state index contributed by atoms with van der Waals surface area (Å²) >= 11 is 0. The molecule has 4 rings (SSSR count). The number of hydrogen-bond acceptors (Lipinski definition) is 4. The van der Waals surface area contributed by atoms with E-state index < -0.39 is 6.10 Å². The second-order valence-corrected chi connectivity index (χ2v) is 7.02. The molecule has 7 heteroatoms. The van der Waals surface area contributed by atoms with Crippen LogP contribution in [0.25, 0.3) is 10.9 Å². The van der Waals surface area contributed by atoms with E-state index in [1.54, 1.807) is 23.0 Å². The molecular weight excluding hydrogens is 356 g/mol. The van der Waals surface area contributed by atoms with Crippen LogP contribution < -0.4 is 10.6 Å². The van der Waals surface area contributed by atoms with Gasteiger partial charge in [-0.3, -0.25) is 14.3 Å². The average molecular weight is 378 g/mol. The van der Waals surface area contributed by atoms with Crippen LogP contribution in [0.3, 0.4) is 0 Å². The smallest absolute Gasteiger partial charge is 0.255 e. The predicted molar refractivity (Wildman–Crippen MR) is 107 cm³/mol. The van der Waals surface area contributed by atoms with Gasteiger partial charge in [-0.25, -0.2) is 0 Å². The molecule has 1 saturated heterocycles. The molecule has 1 atom stereocenters. The van der Waals surface area contributed by atoms with Crippen LogP contribution in [0, 0.1) is 6.92 Å². The Hall–Kier alpha value is -3.19. The SMILES string of the molecule is Cc1ccc(C(=O)Nc2ccc3c(cnn3C)c2)cc1NC(=O)C1CCCO1. The number of fused-ring (bicyclic) bond motifs is 1. The van der Waals surface area contributed by atoms with E-state index in [4.69, 9.17) is 4.74 Å². The maximum Gasteiger partial charge on any atom is 0.255 e. The summed E-state index contributed by atoms with van der Waals surface area (Å²) in [6.45, 7) is 2.50. The summed E-state index contributed by atoms with van der Waals surface area (Å²) in [6, 6.07) is 10.9. The maximum atomic E-state index is 12.7. The van der Waals surface area contributed by atoms with Crippen LogP contribution in [0.2, 0.25) is 0 Å². The molecule has 1 aromatic heterocycles. The van der Waals surface area contributed by atoms with Crippen molar-refractivity contribution in [3.63, 3.8) is 0 Å². The highest BCUT2D eigenvalue weighted by Crippen LogP contribution is 2.22. The number of rotatable bonds is 4. The van der Waals surface area contributed by atoms with Crippen LogP contribution in [0.15, 0.2) is 42.6 Å². The van der Waals surface area contributed by atoms with E-state index in [2.05, 4.69) is 15.7 Å². The van der Waals surface area contributed by atoms with Crippen molar-refractivity contribution < 1.29 is 14.3 Å². The Kier molecular flexibility index (Phi) is 4.83. The largest absolute Gasteiger partial charge is 0.368 e. The lowest BCUT2D eigenvalue weighted by molar-refractivity contribution is -0.124. The Bertz CT molecular complexity index is 1050. The Labute approximate surface area is 162 Å². The van der Waals surface area contributed by atoms with Crippen molar-refractivity contribution in [3.8, 4) is 0 Å². The molecule has 1 fully saturated rings. The molecule has 1 unspecified atom stereocenters. The van der Waals surface area contributed by atoms with Crippen LogP contribution in [-0.4, -0.2) is 34.3 Å². The molecule has 0 aliphatic carbocycles.